The maximum atomic E-state index is 13.9. The fourth-order valence-electron chi connectivity index (χ4n) is 2.11. The van der Waals surface area contributed by atoms with E-state index in [2.05, 4.69) is 33.1 Å². The topological polar surface area (TPSA) is 15.3 Å². The molecule has 88 valence electrons. The molecule has 2 rings (SSSR count). The molecule has 1 saturated heterocycles. The monoisotopic (exact) mass is 286 g/mol. The summed E-state index contributed by atoms with van der Waals surface area (Å²) in [6, 6.07) is 5.64. The zero-order valence-corrected chi connectivity index (χ0v) is 10.9. The first kappa shape index (κ1) is 12.0. The van der Waals surface area contributed by atoms with Crippen LogP contribution in [0.4, 0.5) is 4.39 Å². The normalized spacial score (nSPS) is 19.7. The Morgan fingerprint density at radius 1 is 1.38 bits per heavy atom. The second-order valence-electron chi connectivity index (χ2n) is 4.10. The van der Waals surface area contributed by atoms with Crippen LogP contribution >= 0.6 is 15.9 Å². The van der Waals surface area contributed by atoms with E-state index in [0.29, 0.717) is 4.47 Å². The number of halogens is 2. The van der Waals surface area contributed by atoms with Gasteiger partial charge in [-0.05, 0) is 28.9 Å². The largest absolute Gasteiger partial charge is 0.314 e. The molecule has 1 heterocycles. The lowest BCUT2D eigenvalue weighted by atomic mass is 10.1. The lowest BCUT2D eigenvalue weighted by Gasteiger charge is -2.33. The van der Waals surface area contributed by atoms with Gasteiger partial charge in [0.05, 0.1) is 4.47 Å². The van der Waals surface area contributed by atoms with Crippen molar-refractivity contribution in [2.75, 3.05) is 26.2 Å². The first-order valence-electron chi connectivity index (χ1n) is 5.59. The van der Waals surface area contributed by atoms with Gasteiger partial charge in [-0.3, -0.25) is 4.90 Å². The van der Waals surface area contributed by atoms with Crippen LogP contribution in [0.1, 0.15) is 18.5 Å². The van der Waals surface area contributed by atoms with Gasteiger partial charge in [0.15, 0.2) is 0 Å². The van der Waals surface area contributed by atoms with E-state index in [-0.39, 0.29) is 11.9 Å². The number of benzene rings is 1. The summed E-state index contributed by atoms with van der Waals surface area (Å²) in [5.41, 5.74) is 0.774. The lowest BCUT2D eigenvalue weighted by molar-refractivity contribution is 0.182. The van der Waals surface area contributed by atoms with Crippen molar-refractivity contribution in [3.05, 3.63) is 34.1 Å². The van der Waals surface area contributed by atoms with E-state index in [1.54, 1.807) is 6.07 Å². The highest BCUT2D eigenvalue weighted by atomic mass is 79.9. The van der Waals surface area contributed by atoms with Crippen molar-refractivity contribution in [2.24, 2.45) is 0 Å². The van der Waals surface area contributed by atoms with Crippen LogP contribution < -0.4 is 5.32 Å². The second-order valence-corrected chi connectivity index (χ2v) is 4.96. The molecule has 0 aliphatic carbocycles. The van der Waals surface area contributed by atoms with Crippen molar-refractivity contribution in [3.63, 3.8) is 0 Å². The molecule has 2 nitrogen and oxygen atoms in total. The molecule has 1 atom stereocenters. The third-order valence-electron chi connectivity index (χ3n) is 3.13. The van der Waals surface area contributed by atoms with Crippen molar-refractivity contribution in [2.45, 2.75) is 13.0 Å². The van der Waals surface area contributed by atoms with Crippen LogP contribution in [0.15, 0.2) is 22.7 Å². The van der Waals surface area contributed by atoms with Crippen LogP contribution in [0.3, 0.4) is 0 Å². The summed E-state index contributed by atoms with van der Waals surface area (Å²) in [4.78, 5) is 2.31. The molecule has 16 heavy (non-hydrogen) atoms. The molecular formula is C12H16BrFN2. The molecule has 1 fully saturated rings. The SMILES string of the molecule is C[C@@H](c1cccc(Br)c1F)N1CCNCC1. The Balaban J connectivity index is 2.19. The van der Waals surface area contributed by atoms with E-state index < -0.39 is 0 Å². The number of nitrogens with zero attached hydrogens (tertiary/aromatic N) is 1. The van der Waals surface area contributed by atoms with E-state index in [4.69, 9.17) is 0 Å². The third-order valence-corrected chi connectivity index (χ3v) is 3.74. The summed E-state index contributed by atoms with van der Waals surface area (Å²) < 4.78 is 14.5. The van der Waals surface area contributed by atoms with Crippen LogP contribution in [0, 0.1) is 5.82 Å². The Kier molecular flexibility index (Phi) is 3.95. The van der Waals surface area contributed by atoms with Gasteiger partial charge in [0.25, 0.3) is 0 Å². The Bertz CT molecular complexity index is 364. The van der Waals surface area contributed by atoms with Crippen molar-refractivity contribution >= 4 is 15.9 Å². The fourth-order valence-corrected chi connectivity index (χ4v) is 2.49. The number of nitrogens with one attached hydrogen (secondary N) is 1. The van der Waals surface area contributed by atoms with E-state index in [9.17, 15) is 4.39 Å². The highest BCUT2D eigenvalue weighted by Gasteiger charge is 2.21. The molecule has 0 spiro atoms. The van der Waals surface area contributed by atoms with E-state index in [1.807, 2.05) is 12.1 Å². The molecule has 0 unspecified atom stereocenters. The predicted molar refractivity (Wildman–Crippen MR) is 67.0 cm³/mol. The minimum atomic E-state index is -0.131. The second kappa shape index (κ2) is 5.25. The van der Waals surface area contributed by atoms with Crippen LogP contribution in [-0.4, -0.2) is 31.1 Å². The zero-order valence-electron chi connectivity index (χ0n) is 9.34. The van der Waals surface area contributed by atoms with Crippen molar-refractivity contribution in [3.8, 4) is 0 Å². The predicted octanol–water partition coefficient (Wildman–Crippen LogP) is 2.55. The molecule has 1 aromatic rings. The van der Waals surface area contributed by atoms with E-state index >= 15 is 0 Å². The number of rotatable bonds is 2. The number of piperazine rings is 1. The summed E-state index contributed by atoms with van der Waals surface area (Å²) in [6.45, 7) is 6.00. The molecule has 1 aromatic carbocycles. The first-order chi connectivity index (χ1) is 7.70. The average molecular weight is 287 g/mol. The molecule has 1 aliphatic heterocycles. The van der Waals surface area contributed by atoms with Crippen LogP contribution in [0.2, 0.25) is 0 Å². The Morgan fingerprint density at radius 2 is 2.06 bits per heavy atom. The maximum absolute atomic E-state index is 13.9. The third kappa shape index (κ3) is 2.44. The molecule has 0 radical (unpaired) electrons. The summed E-state index contributed by atoms with van der Waals surface area (Å²) in [7, 11) is 0. The smallest absolute Gasteiger partial charge is 0.142 e. The van der Waals surface area contributed by atoms with Crippen LogP contribution in [-0.2, 0) is 0 Å². The Morgan fingerprint density at radius 3 is 2.75 bits per heavy atom. The number of hydrogen-bond donors (Lipinski definition) is 1. The van der Waals surface area contributed by atoms with Gasteiger partial charge in [0.2, 0.25) is 0 Å². The molecule has 0 bridgehead atoms. The van der Waals surface area contributed by atoms with Gasteiger partial charge in [0, 0.05) is 37.8 Å². The van der Waals surface area contributed by atoms with Gasteiger partial charge < -0.3 is 5.32 Å². The summed E-state index contributed by atoms with van der Waals surface area (Å²) in [5.74, 6) is -0.131. The molecule has 1 N–H and O–H groups in total. The summed E-state index contributed by atoms with van der Waals surface area (Å²) >= 11 is 3.23. The van der Waals surface area contributed by atoms with Crippen molar-refractivity contribution in [1.82, 2.24) is 10.2 Å². The molecule has 1 aliphatic rings. The lowest BCUT2D eigenvalue weighted by Crippen LogP contribution is -2.44. The van der Waals surface area contributed by atoms with Gasteiger partial charge in [-0.2, -0.15) is 0 Å². The Labute approximate surface area is 104 Å². The Hall–Kier alpha value is -0.450. The van der Waals surface area contributed by atoms with E-state index in [1.165, 1.54) is 0 Å². The van der Waals surface area contributed by atoms with Gasteiger partial charge in [-0.1, -0.05) is 12.1 Å². The molecule has 0 aromatic heterocycles. The van der Waals surface area contributed by atoms with Crippen molar-refractivity contribution in [1.29, 1.82) is 0 Å². The highest BCUT2D eigenvalue weighted by molar-refractivity contribution is 9.10. The maximum Gasteiger partial charge on any atom is 0.142 e. The van der Waals surface area contributed by atoms with E-state index in [0.717, 1.165) is 31.7 Å². The van der Waals surface area contributed by atoms with Gasteiger partial charge in [0.1, 0.15) is 5.82 Å². The van der Waals surface area contributed by atoms with Gasteiger partial charge in [-0.15, -0.1) is 0 Å². The summed E-state index contributed by atoms with van der Waals surface area (Å²) in [5, 5.41) is 3.30. The van der Waals surface area contributed by atoms with Crippen LogP contribution in [0.25, 0.3) is 0 Å². The zero-order chi connectivity index (χ0) is 11.5. The summed E-state index contributed by atoms with van der Waals surface area (Å²) in [6.07, 6.45) is 0. The standard InChI is InChI=1S/C12H16BrFN2/c1-9(16-7-5-15-6-8-16)10-3-2-4-11(13)12(10)14/h2-4,9,15H,5-8H2,1H3/t9-/m0/s1. The number of hydrogen-bond acceptors (Lipinski definition) is 2. The quantitative estimate of drug-likeness (QED) is 0.899. The molecule has 0 amide bonds. The molecule has 0 saturated carbocycles. The van der Waals surface area contributed by atoms with Crippen molar-refractivity contribution < 1.29 is 4.39 Å². The van der Waals surface area contributed by atoms with Crippen LogP contribution in [0.5, 0.6) is 0 Å². The van der Waals surface area contributed by atoms with Gasteiger partial charge >= 0.3 is 0 Å². The highest BCUT2D eigenvalue weighted by Crippen LogP contribution is 2.27. The first-order valence-corrected chi connectivity index (χ1v) is 6.38. The minimum Gasteiger partial charge on any atom is -0.314 e. The fraction of sp³-hybridized carbons (Fsp3) is 0.500. The van der Waals surface area contributed by atoms with Gasteiger partial charge in [-0.25, -0.2) is 4.39 Å². The molecule has 4 heteroatoms. The molecular weight excluding hydrogens is 271 g/mol. The average Bonchev–Trinajstić information content (AvgIpc) is 2.33. The minimum absolute atomic E-state index is 0.131.